The lowest BCUT2D eigenvalue weighted by Gasteiger charge is -2.07. The standard InChI is InChI=1S/C10H20O2S/c1-8(2)7-13-6-5-10(11)12-9(3)4/h8-9H,5-7H2,1-4H3. The van der Waals surface area contributed by atoms with Crippen LogP contribution in [-0.2, 0) is 9.53 Å². The maximum Gasteiger partial charge on any atom is 0.306 e. The molecule has 3 heteroatoms. The van der Waals surface area contributed by atoms with E-state index in [1.807, 2.05) is 25.6 Å². The zero-order valence-corrected chi connectivity index (χ0v) is 9.82. The number of carbonyl (C=O) groups is 1. The third-order valence-electron chi connectivity index (χ3n) is 1.27. The Bertz CT molecular complexity index is 144. The maximum atomic E-state index is 11.1. The summed E-state index contributed by atoms with van der Waals surface area (Å²) >= 11 is 1.82. The summed E-state index contributed by atoms with van der Waals surface area (Å²) in [6, 6.07) is 0. The van der Waals surface area contributed by atoms with Crippen molar-refractivity contribution in [3.05, 3.63) is 0 Å². The van der Waals surface area contributed by atoms with Crippen molar-refractivity contribution in [3.8, 4) is 0 Å². The molecule has 0 aliphatic rings. The topological polar surface area (TPSA) is 26.3 Å². The minimum atomic E-state index is -0.0775. The second-order valence-electron chi connectivity index (χ2n) is 3.76. The smallest absolute Gasteiger partial charge is 0.306 e. The van der Waals surface area contributed by atoms with Gasteiger partial charge in [0.05, 0.1) is 12.5 Å². The molecule has 78 valence electrons. The van der Waals surface area contributed by atoms with Gasteiger partial charge in [0.1, 0.15) is 0 Å². The number of hydrogen-bond acceptors (Lipinski definition) is 3. The average molecular weight is 204 g/mol. The lowest BCUT2D eigenvalue weighted by atomic mass is 10.3. The van der Waals surface area contributed by atoms with Crippen LogP contribution in [0.4, 0.5) is 0 Å². The predicted octanol–water partition coefficient (Wildman–Crippen LogP) is 2.72. The Kier molecular flexibility index (Phi) is 7.14. The predicted molar refractivity (Wildman–Crippen MR) is 58.0 cm³/mol. The molecule has 0 saturated carbocycles. The normalized spacial score (nSPS) is 10.9. The summed E-state index contributed by atoms with van der Waals surface area (Å²) in [5, 5.41) is 0. The van der Waals surface area contributed by atoms with Crippen LogP contribution in [0.15, 0.2) is 0 Å². The number of hydrogen-bond donors (Lipinski definition) is 0. The van der Waals surface area contributed by atoms with E-state index >= 15 is 0 Å². The fourth-order valence-corrected chi connectivity index (χ4v) is 1.75. The van der Waals surface area contributed by atoms with Crippen molar-refractivity contribution in [2.45, 2.75) is 40.2 Å². The van der Waals surface area contributed by atoms with Crippen molar-refractivity contribution < 1.29 is 9.53 Å². The van der Waals surface area contributed by atoms with Gasteiger partial charge in [-0.25, -0.2) is 0 Å². The SMILES string of the molecule is CC(C)CSCCC(=O)OC(C)C. The van der Waals surface area contributed by atoms with Gasteiger partial charge < -0.3 is 4.74 Å². The van der Waals surface area contributed by atoms with E-state index < -0.39 is 0 Å². The Morgan fingerprint density at radius 3 is 2.38 bits per heavy atom. The number of esters is 1. The summed E-state index contributed by atoms with van der Waals surface area (Å²) in [6.07, 6.45) is 0.554. The third-order valence-corrected chi connectivity index (χ3v) is 2.66. The maximum absolute atomic E-state index is 11.1. The molecular formula is C10H20O2S. The van der Waals surface area contributed by atoms with E-state index in [0.29, 0.717) is 12.3 Å². The molecule has 13 heavy (non-hydrogen) atoms. The number of thioether (sulfide) groups is 1. The van der Waals surface area contributed by atoms with Crippen molar-refractivity contribution in [1.82, 2.24) is 0 Å². The monoisotopic (exact) mass is 204 g/mol. The molecule has 0 aliphatic heterocycles. The second-order valence-corrected chi connectivity index (χ2v) is 4.91. The fourth-order valence-electron chi connectivity index (χ4n) is 0.796. The summed E-state index contributed by atoms with van der Waals surface area (Å²) in [7, 11) is 0. The highest BCUT2D eigenvalue weighted by atomic mass is 32.2. The van der Waals surface area contributed by atoms with Crippen molar-refractivity contribution in [3.63, 3.8) is 0 Å². The van der Waals surface area contributed by atoms with Gasteiger partial charge in [0.25, 0.3) is 0 Å². The van der Waals surface area contributed by atoms with Crippen molar-refractivity contribution >= 4 is 17.7 Å². The lowest BCUT2D eigenvalue weighted by molar-refractivity contribution is -0.146. The second kappa shape index (κ2) is 7.25. The highest BCUT2D eigenvalue weighted by Crippen LogP contribution is 2.09. The first kappa shape index (κ1) is 12.8. The first-order valence-corrected chi connectivity index (χ1v) is 5.95. The van der Waals surface area contributed by atoms with Crippen LogP contribution in [-0.4, -0.2) is 23.6 Å². The highest BCUT2D eigenvalue weighted by Gasteiger charge is 2.04. The molecule has 0 unspecified atom stereocenters. The van der Waals surface area contributed by atoms with Gasteiger partial charge in [0.2, 0.25) is 0 Å². The van der Waals surface area contributed by atoms with Gasteiger partial charge in [-0.2, -0.15) is 11.8 Å². The summed E-state index contributed by atoms with van der Waals surface area (Å²) < 4.78 is 5.00. The Morgan fingerprint density at radius 2 is 1.92 bits per heavy atom. The molecule has 0 aliphatic carbocycles. The van der Waals surface area contributed by atoms with E-state index in [1.165, 1.54) is 0 Å². The number of carbonyl (C=O) groups excluding carboxylic acids is 1. The van der Waals surface area contributed by atoms with E-state index in [-0.39, 0.29) is 12.1 Å². The molecular weight excluding hydrogens is 184 g/mol. The first-order valence-electron chi connectivity index (χ1n) is 4.79. The van der Waals surface area contributed by atoms with Crippen LogP contribution in [0.1, 0.15) is 34.1 Å². The molecule has 0 heterocycles. The number of rotatable bonds is 6. The third kappa shape index (κ3) is 9.74. The Balaban J connectivity index is 3.27. The molecule has 0 bridgehead atoms. The van der Waals surface area contributed by atoms with Crippen molar-refractivity contribution in [2.24, 2.45) is 5.92 Å². The Hall–Kier alpha value is -0.180. The van der Waals surface area contributed by atoms with E-state index in [9.17, 15) is 4.79 Å². The van der Waals surface area contributed by atoms with Gasteiger partial charge in [-0.1, -0.05) is 13.8 Å². The van der Waals surface area contributed by atoms with E-state index in [4.69, 9.17) is 4.74 Å². The molecule has 0 spiro atoms. The minimum absolute atomic E-state index is 0.0163. The highest BCUT2D eigenvalue weighted by molar-refractivity contribution is 7.99. The van der Waals surface area contributed by atoms with Gasteiger partial charge >= 0.3 is 5.97 Å². The molecule has 0 fully saturated rings. The molecule has 0 aromatic heterocycles. The van der Waals surface area contributed by atoms with E-state index in [0.717, 1.165) is 11.5 Å². The first-order chi connectivity index (χ1) is 6.02. The largest absolute Gasteiger partial charge is 0.463 e. The van der Waals surface area contributed by atoms with Crippen LogP contribution in [0.5, 0.6) is 0 Å². The van der Waals surface area contributed by atoms with Crippen LogP contribution < -0.4 is 0 Å². The summed E-state index contributed by atoms with van der Waals surface area (Å²) in [5.74, 6) is 2.62. The molecule has 0 atom stereocenters. The average Bonchev–Trinajstić information content (AvgIpc) is 1.96. The fraction of sp³-hybridized carbons (Fsp3) is 0.900. The molecule has 0 N–H and O–H groups in total. The van der Waals surface area contributed by atoms with Crippen molar-refractivity contribution in [1.29, 1.82) is 0 Å². The molecule has 0 aromatic carbocycles. The van der Waals surface area contributed by atoms with Crippen LogP contribution in [0.2, 0.25) is 0 Å². The molecule has 0 saturated heterocycles. The summed E-state index contributed by atoms with van der Waals surface area (Å²) in [4.78, 5) is 11.1. The minimum Gasteiger partial charge on any atom is -0.463 e. The van der Waals surface area contributed by atoms with Crippen LogP contribution in [0.3, 0.4) is 0 Å². The summed E-state index contributed by atoms with van der Waals surface area (Å²) in [6.45, 7) is 8.11. The van der Waals surface area contributed by atoms with Crippen LogP contribution >= 0.6 is 11.8 Å². The quantitative estimate of drug-likeness (QED) is 0.491. The molecule has 0 rings (SSSR count). The van der Waals surface area contributed by atoms with Gasteiger partial charge in [-0.15, -0.1) is 0 Å². The van der Waals surface area contributed by atoms with Crippen LogP contribution in [0.25, 0.3) is 0 Å². The van der Waals surface area contributed by atoms with E-state index in [1.54, 1.807) is 0 Å². The van der Waals surface area contributed by atoms with Crippen molar-refractivity contribution in [2.75, 3.05) is 11.5 Å². The molecule has 0 aromatic rings. The molecule has 2 nitrogen and oxygen atoms in total. The molecule has 0 amide bonds. The van der Waals surface area contributed by atoms with E-state index in [2.05, 4.69) is 13.8 Å². The van der Waals surface area contributed by atoms with Gasteiger partial charge in [-0.3, -0.25) is 4.79 Å². The van der Waals surface area contributed by atoms with Gasteiger partial charge in [0, 0.05) is 5.75 Å². The lowest BCUT2D eigenvalue weighted by Crippen LogP contribution is -2.12. The van der Waals surface area contributed by atoms with Crippen LogP contribution in [0, 0.1) is 5.92 Å². The summed E-state index contributed by atoms with van der Waals surface area (Å²) in [5.41, 5.74) is 0. The zero-order valence-electron chi connectivity index (χ0n) is 9.00. The Morgan fingerprint density at radius 1 is 1.31 bits per heavy atom. The zero-order chi connectivity index (χ0) is 10.3. The van der Waals surface area contributed by atoms with Gasteiger partial charge in [0.15, 0.2) is 0 Å². The Labute approximate surface area is 85.4 Å². The molecule has 0 radical (unpaired) electrons. The van der Waals surface area contributed by atoms with Gasteiger partial charge in [-0.05, 0) is 25.5 Å². The number of ether oxygens (including phenoxy) is 1.